The predicted molar refractivity (Wildman–Crippen MR) is 141 cm³/mol. The topological polar surface area (TPSA) is 115 Å². The molecule has 0 saturated carbocycles. The molecule has 206 valence electrons. The molecular formula is C28H33N5O6. The molecule has 0 radical (unpaired) electrons. The Labute approximate surface area is 227 Å². The van der Waals surface area contributed by atoms with Gasteiger partial charge in [-0.05, 0) is 41.5 Å². The number of hydrazine groups is 1. The van der Waals surface area contributed by atoms with Gasteiger partial charge in [-0.2, -0.15) is 0 Å². The van der Waals surface area contributed by atoms with E-state index in [9.17, 15) is 19.5 Å². The van der Waals surface area contributed by atoms with Crippen LogP contribution in [-0.4, -0.2) is 95.4 Å². The second-order valence-electron chi connectivity index (χ2n) is 9.86. The summed E-state index contributed by atoms with van der Waals surface area (Å²) in [6, 6.07) is 12.8. The molecule has 0 unspecified atom stereocenters. The Morgan fingerprint density at radius 1 is 1.10 bits per heavy atom. The Hall–Kier alpha value is -4.25. The number of phenolic OH excluding ortho intramolecular Hbond substituents is 1. The molecule has 0 spiro atoms. The number of carbonyl (C=O) groups is 3. The van der Waals surface area contributed by atoms with E-state index in [1.54, 1.807) is 53.2 Å². The maximum absolute atomic E-state index is 13.8. The molecule has 0 aromatic heterocycles. The molecule has 5 rings (SSSR count). The monoisotopic (exact) mass is 535 g/mol. The third-order valence-corrected chi connectivity index (χ3v) is 7.24. The number of methoxy groups -OCH3 is 1. The van der Waals surface area contributed by atoms with Gasteiger partial charge in [0, 0.05) is 26.4 Å². The van der Waals surface area contributed by atoms with Gasteiger partial charge < -0.3 is 29.7 Å². The van der Waals surface area contributed by atoms with E-state index < -0.39 is 12.2 Å². The zero-order valence-electron chi connectivity index (χ0n) is 22.1. The van der Waals surface area contributed by atoms with Gasteiger partial charge in [-0.3, -0.25) is 9.59 Å². The standard InChI is InChI=1S/C28H33N5O6/c1-30-18-26(35)32-24(14-19-5-9-21(34)10-6-19)27(36)31(16-23-4-3-13-39-23)17-25(32)33(30)28(37)29-15-20-7-11-22(38-2)12-8-20/h4-12,24-25,34H,3,13-18H2,1-2H3,(H,29,37)/t24-,25-/m0/s1. The van der Waals surface area contributed by atoms with Crippen LogP contribution in [0.1, 0.15) is 17.5 Å². The largest absolute Gasteiger partial charge is 0.508 e. The number of benzene rings is 2. The van der Waals surface area contributed by atoms with Crippen molar-refractivity contribution in [3.8, 4) is 11.5 Å². The third-order valence-electron chi connectivity index (χ3n) is 7.24. The van der Waals surface area contributed by atoms with Crippen LogP contribution in [0.15, 0.2) is 60.4 Å². The highest BCUT2D eigenvalue weighted by atomic mass is 16.5. The van der Waals surface area contributed by atoms with E-state index in [4.69, 9.17) is 9.47 Å². The summed E-state index contributed by atoms with van der Waals surface area (Å²) in [7, 11) is 3.29. The third kappa shape index (κ3) is 5.63. The number of phenols is 1. The Kier molecular flexibility index (Phi) is 7.60. The number of aromatic hydroxyl groups is 1. The molecule has 2 aromatic rings. The van der Waals surface area contributed by atoms with E-state index >= 15 is 0 Å². The highest BCUT2D eigenvalue weighted by Crippen LogP contribution is 2.29. The number of hydrogen-bond donors (Lipinski definition) is 2. The maximum Gasteiger partial charge on any atom is 0.334 e. The summed E-state index contributed by atoms with van der Waals surface area (Å²) in [5, 5.41) is 15.8. The number of rotatable bonds is 7. The number of ether oxygens (including phenoxy) is 2. The quantitative estimate of drug-likeness (QED) is 0.555. The molecule has 2 atom stereocenters. The van der Waals surface area contributed by atoms with Crippen molar-refractivity contribution in [1.29, 1.82) is 0 Å². The lowest BCUT2D eigenvalue weighted by atomic mass is 9.98. The van der Waals surface area contributed by atoms with Crippen LogP contribution in [0, 0.1) is 0 Å². The predicted octanol–water partition coefficient (Wildman–Crippen LogP) is 1.69. The van der Waals surface area contributed by atoms with Crippen molar-refractivity contribution in [1.82, 2.24) is 25.1 Å². The van der Waals surface area contributed by atoms with E-state index in [0.717, 1.165) is 23.3 Å². The number of likely N-dealkylation sites (N-methyl/N-ethyl adjacent to an activating group) is 1. The summed E-state index contributed by atoms with van der Waals surface area (Å²) in [5.74, 6) is 1.13. The van der Waals surface area contributed by atoms with Gasteiger partial charge in [-0.1, -0.05) is 24.3 Å². The van der Waals surface area contributed by atoms with Crippen LogP contribution in [0.3, 0.4) is 0 Å². The van der Waals surface area contributed by atoms with Crippen molar-refractivity contribution in [3.05, 3.63) is 71.5 Å². The van der Waals surface area contributed by atoms with Gasteiger partial charge in [-0.25, -0.2) is 14.8 Å². The van der Waals surface area contributed by atoms with Gasteiger partial charge >= 0.3 is 6.03 Å². The fourth-order valence-corrected chi connectivity index (χ4v) is 5.27. The molecule has 3 aliphatic heterocycles. The van der Waals surface area contributed by atoms with Gasteiger partial charge in [0.05, 0.1) is 33.4 Å². The number of amides is 4. The number of carbonyl (C=O) groups excluding carboxylic acids is 3. The molecule has 2 fully saturated rings. The lowest BCUT2D eigenvalue weighted by molar-refractivity contribution is -0.186. The van der Waals surface area contributed by atoms with Crippen molar-refractivity contribution in [2.45, 2.75) is 31.6 Å². The summed E-state index contributed by atoms with van der Waals surface area (Å²) < 4.78 is 10.9. The lowest BCUT2D eigenvalue weighted by Gasteiger charge is -2.54. The van der Waals surface area contributed by atoms with Crippen molar-refractivity contribution in [2.24, 2.45) is 0 Å². The van der Waals surface area contributed by atoms with E-state index in [-0.39, 0.29) is 56.2 Å². The van der Waals surface area contributed by atoms with E-state index in [1.165, 1.54) is 5.01 Å². The SMILES string of the molecule is COc1ccc(CNC(=O)N2[C@H]3CN(CC4=CCCO4)C(=O)[C@H](Cc4ccc(O)cc4)N3C(=O)CN2C)cc1. The number of hydrogen-bond acceptors (Lipinski definition) is 7. The molecule has 11 nitrogen and oxygen atoms in total. The highest BCUT2D eigenvalue weighted by molar-refractivity contribution is 5.91. The van der Waals surface area contributed by atoms with Crippen LogP contribution in [0.5, 0.6) is 11.5 Å². The number of nitrogens with one attached hydrogen (secondary N) is 1. The Balaban J connectivity index is 1.41. The van der Waals surface area contributed by atoms with Gasteiger partial charge in [-0.15, -0.1) is 0 Å². The summed E-state index contributed by atoms with van der Waals surface area (Å²) in [4.78, 5) is 43.9. The summed E-state index contributed by atoms with van der Waals surface area (Å²) in [6.07, 6.45) is 2.30. The molecule has 2 saturated heterocycles. The van der Waals surface area contributed by atoms with Gasteiger partial charge in [0.1, 0.15) is 29.5 Å². The van der Waals surface area contributed by atoms with E-state index in [2.05, 4.69) is 5.32 Å². The number of piperazine rings is 1. The maximum atomic E-state index is 13.8. The van der Waals surface area contributed by atoms with Crippen molar-refractivity contribution < 1.29 is 29.0 Å². The molecule has 2 aromatic carbocycles. The first-order valence-corrected chi connectivity index (χ1v) is 12.9. The number of nitrogens with zero attached hydrogens (tertiary/aromatic N) is 4. The van der Waals surface area contributed by atoms with Crippen LogP contribution < -0.4 is 10.1 Å². The average molecular weight is 536 g/mol. The summed E-state index contributed by atoms with van der Waals surface area (Å²) >= 11 is 0. The molecular weight excluding hydrogens is 502 g/mol. The zero-order chi connectivity index (χ0) is 27.5. The first-order chi connectivity index (χ1) is 18.8. The van der Waals surface area contributed by atoms with E-state index in [0.29, 0.717) is 12.4 Å². The van der Waals surface area contributed by atoms with Crippen LogP contribution in [-0.2, 0) is 27.3 Å². The van der Waals surface area contributed by atoms with Gasteiger partial charge in [0.15, 0.2) is 0 Å². The van der Waals surface area contributed by atoms with Crippen molar-refractivity contribution in [3.63, 3.8) is 0 Å². The molecule has 2 N–H and O–H groups in total. The van der Waals surface area contributed by atoms with Crippen LogP contribution in [0.25, 0.3) is 0 Å². The molecule has 3 aliphatic rings. The minimum atomic E-state index is -0.812. The van der Waals surface area contributed by atoms with E-state index in [1.807, 2.05) is 30.3 Å². The molecule has 11 heteroatoms. The molecule has 3 heterocycles. The first kappa shape index (κ1) is 26.4. The average Bonchev–Trinajstić information content (AvgIpc) is 3.44. The lowest BCUT2D eigenvalue weighted by Crippen LogP contribution is -2.76. The Bertz CT molecular complexity index is 1250. The number of fused-ring (bicyclic) bond motifs is 1. The first-order valence-electron chi connectivity index (χ1n) is 12.9. The highest BCUT2D eigenvalue weighted by Gasteiger charge is 2.50. The molecule has 39 heavy (non-hydrogen) atoms. The van der Waals surface area contributed by atoms with Gasteiger partial charge in [0.25, 0.3) is 0 Å². The summed E-state index contributed by atoms with van der Waals surface area (Å²) in [5.41, 5.74) is 1.69. The molecule has 4 amide bonds. The Morgan fingerprint density at radius 3 is 2.49 bits per heavy atom. The Morgan fingerprint density at radius 2 is 1.82 bits per heavy atom. The zero-order valence-corrected chi connectivity index (χ0v) is 22.1. The van der Waals surface area contributed by atoms with Crippen LogP contribution in [0.2, 0.25) is 0 Å². The normalized spacial score (nSPS) is 21.4. The minimum Gasteiger partial charge on any atom is -0.508 e. The van der Waals surface area contributed by atoms with Crippen molar-refractivity contribution >= 4 is 17.8 Å². The summed E-state index contributed by atoms with van der Waals surface area (Å²) in [6.45, 7) is 1.24. The second kappa shape index (κ2) is 11.2. The van der Waals surface area contributed by atoms with Gasteiger partial charge in [0.2, 0.25) is 11.8 Å². The molecule has 0 bridgehead atoms. The smallest absolute Gasteiger partial charge is 0.334 e. The van der Waals surface area contributed by atoms with Crippen LogP contribution >= 0.6 is 0 Å². The fraction of sp³-hybridized carbons (Fsp3) is 0.393. The number of urea groups is 1. The van der Waals surface area contributed by atoms with Crippen LogP contribution in [0.4, 0.5) is 4.79 Å². The second-order valence-corrected chi connectivity index (χ2v) is 9.86. The van der Waals surface area contributed by atoms with Crippen molar-refractivity contribution in [2.75, 3.05) is 40.4 Å². The molecule has 0 aliphatic carbocycles. The minimum absolute atomic E-state index is 0.0416. The fourth-order valence-electron chi connectivity index (χ4n) is 5.27.